The van der Waals surface area contributed by atoms with Gasteiger partial charge in [0.15, 0.2) is 5.03 Å². The molecule has 0 aliphatic rings. The van der Waals surface area contributed by atoms with Crippen LogP contribution in [0.1, 0.15) is 0 Å². The highest BCUT2D eigenvalue weighted by molar-refractivity contribution is 7.90. The van der Waals surface area contributed by atoms with Gasteiger partial charge in [0.05, 0.1) is 38.2 Å². The van der Waals surface area contributed by atoms with Crippen molar-refractivity contribution < 1.29 is 22.7 Å². The van der Waals surface area contributed by atoms with Crippen molar-refractivity contribution >= 4 is 22.0 Å². The average Bonchev–Trinajstić information content (AvgIpc) is 3.26. The number of urea groups is 1. The molecule has 14 nitrogen and oxygen atoms in total. The number of nitrogens with one attached hydrogen (secondary N) is 2. The fourth-order valence-electron chi connectivity index (χ4n) is 2.36. The van der Waals surface area contributed by atoms with E-state index in [0.29, 0.717) is 0 Å². The van der Waals surface area contributed by atoms with Gasteiger partial charge in [-0.05, 0) is 0 Å². The molecule has 0 radical (unpaired) electrons. The molecule has 15 heteroatoms. The predicted octanol–water partition coefficient (Wildman–Crippen LogP) is -0.467. The summed E-state index contributed by atoms with van der Waals surface area (Å²) in [4.78, 5) is 21.3. The van der Waals surface area contributed by atoms with Crippen LogP contribution >= 0.6 is 0 Å². The minimum atomic E-state index is -4.32. The van der Waals surface area contributed by atoms with Crippen molar-refractivity contribution in [2.24, 2.45) is 14.1 Å². The van der Waals surface area contributed by atoms with E-state index in [1.807, 2.05) is 4.72 Å². The summed E-state index contributed by atoms with van der Waals surface area (Å²) in [6.45, 7) is 0. The smallest absolute Gasteiger partial charge is 0.335 e. The molecule has 0 saturated heterocycles. The Hall–Kier alpha value is -3.75. The van der Waals surface area contributed by atoms with E-state index in [4.69, 9.17) is 9.47 Å². The van der Waals surface area contributed by atoms with E-state index in [9.17, 15) is 13.2 Å². The summed E-state index contributed by atoms with van der Waals surface area (Å²) in [6, 6.07) is 0.300. The molecular formula is C14H17N9O5S. The maximum Gasteiger partial charge on any atom is 0.335 e. The molecule has 29 heavy (non-hydrogen) atoms. The summed E-state index contributed by atoms with van der Waals surface area (Å²) in [6.07, 6.45) is 2.69. The molecule has 0 saturated carbocycles. The zero-order valence-corrected chi connectivity index (χ0v) is 16.6. The first-order valence-electron chi connectivity index (χ1n) is 7.93. The van der Waals surface area contributed by atoms with Gasteiger partial charge in [-0.2, -0.15) is 38.5 Å². The SMILES string of the molecule is COc1cc(OC)nc(NC(=O)NS(=O)(=O)c2c(-c3cnn(C)n3)cnn2C)n1. The largest absolute Gasteiger partial charge is 0.481 e. The third kappa shape index (κ3) is 4.23. The number of hydrogen-bond donors (Lipinski definition) is 2. The summed E-state index contributed by atoms with van der Waals surface area (Å²) in [5.74, 6) is 0.0196. The summed E-state index contributed by atoms with van der Waals surface area (Å²) < 4.78 is 38.5. The van der Waals surface area contributed by atoms with Gasteiger partial charge in [-0.3, -0.25) is 10.00 Å². The molecular weight excluding hydrogens is 406 g/mol. The highest BCUT2D eigenvalue weighted by Gasteiger charge is 2.28. The number of anilines is 1. The molecule has 0 aromatic carbocycles. The van der Waals surface area contributed by atoms with Crippen LogP contribution < -0.4 is 19.5 Å². The van der Waals surface area contributed by atoms with Crippen LogP contribution in [-0.2, 0) is 24.1 Å². The van der Waals surface area contributed by atoms with Gasteiger partial charge in [0, 0.05) is 14.1 Å². The standard InChI is InChI=1S/C14H17N9O5S/c1-22-12(8(6-15-22)9-7-16-23(2)20-9)29(25,26)21-14(24)19-13-17-10(27-3)5-11(18-13)28-4/h5-7H,1-4H3,(H2,17,18,19,21,24). The summed E-state index contributed by atoms with van der Waals surface area (Å²) in [7, 11) is 1.42. The van der Waals surface area contributed by atoms with Crippen LogP contribution in [0.2, 0.25) is 0 Å². The van der Waals surface area contributed by atoms with Gasteiger partial charge in [0.2, 0.25) is 17.7 Å². The number of sulfonamides is 1. The maximum absolute atomic E-state index is 12.8. The van der Waals surface area contributed by atoms with Crippen LogP contribution in [0.4, 0.5) is 10.7 Å². The molecule has 0 unspecified atom stereocenters. The first-order valence-corrected chi connectivity index (χ1v) is 9.41. The number of hydrogen-bond acceptors (Lipinski definition) is 10. The number of carbonyl (C=O) groups is 1. The van der Waals surface area contributed by atoms with Gasteiger partial charge in [0.1, 0.15) is 5.69 Å². The first-order chi connectivity index (χ1) is 13.7. The number of amides is 2. The Labute approximate surface area is 164 Å². The van der Waals surface area contributed by atoms with Crippen LogP contribution in [0.5, 0.6) is 11.8 Å². The summed E-state index contributed by atoms with van der Waals surface area (Å²) in [5, 5.41) is 13.9. The number of nitrogens with zero attached hydrogens (tertiary/aromatic N) is 7. The molecule has 0 bridgehead atoms. The molecule has 0 aliphatic heterocycles. The number of aryl methyl sites for hydroxylation is 2. The van der Waals surface area contributed by atoms with Gasteiger partial charge in [-0.1, -0.05) is 0 Å². The van der Waals surface area contributed by atoms with Crippen LogP contribution in [0.25, 0.3) is 11.3 Å². The van der Waals surface area contributed by atoms with E-state index in [1.165, 1.54) is 44.5 Å². The van der Waals surface area contributed by atoms with Crippen molar-refractivity contribution in [1.82, 2.24) is 39.5 Å². The lowest BCUT2D eigenvalue weighted by Gasteiger charge is -2.10. The second-order valence-electron chi connectivity index (χ2n) is 5.54. The second kappa shape index (κ2) is 7.70. The molecule has 2 amide bonds. The van der Waals surface area contributed by atoms with Crippen molar-refractivity contribution in [3.8, 4) is 23.0 Å². The molecule has 0 atom stereocenters. The minimum absolute atomic E-state index is 0.117. The topological polar surface area (TPSA) is 168 Å². The predicted molar refractivity (Wildman–Crippen MR) is 97.7 cm³/mol. The fourth-order valence-corrected chi connectivity index (χ4v) is 3.59. The Morgan fingerprint density at radius 1 is 1.07 bits per heavy atom. The lowest BCUT2D eigenvalue weighted by molar-refractivity contribution is 0.256. The molecule has 3 rings (SSSR count). The van der Waals surface area contributed by atoms with Crippen molar-refractivity contribution in [3.63, 3.8) is 0 Å². The Balaban J connectivity index is 1.85. The van der Waals surface area contributed by atoms with E-state index in [-0.39, 0.29) is 34.0 Å². The van der Waals surface area contributed by atoms with E-state index in [0.717, 1.165) is 4.68 Å². The number of carbonyl (C=O) groups excluding carboxylic acids is 1. The number of aromatic nitrogens is 7. The molecule has 0 fully saturated rings. The number of rotatable bonds is 6. The lowest BCUT2D eigenvalue weighted by Crippen LogP contribution is -2.36. The van der Waals surface area contributed by atoms with Gasteiger partial charge < -0.3 is 9.47 Å². The Bertz CT molecular complexity index is 1130. The average molecular weight is 423 g/mol. The fraction of sp³-hybridized carbons (Fsp3) is 0.286. The molecule has 154 valence electrons. The lowest BCUT2D eigenvalue weighted by atomic mass is 10.3. The maximum atomic E-state index is 12.8. The van der Waals surface area contributed by atoms with Crippen molar-refractivity contribution in [3.05, 3.63) is 18.5 Å². The summed E-state index contributed by atoms with van der Waals surface area (Å²) >= 11 is 0. The molecule has 3 aromatic rings. The van der Waals surface area contributed by atoms with Crippen LogP contribution in [0.15, 0.2) is 23.5 Å². The van der Waals surface area contributed by atoms with Gasteiger partial charge in [-0.25, -0.2) is 9.52 Å². The zero-order valence-electron chi connectivity index (χ0n) is 15.8. The minimum Gasteiger partial charge on any atom is -0.481 e. The Morgan fingerprint density at radius 3 is 2.28 bits per heavy atom. The molecule has 2 N–H and O–H groups in total. The second-order valence-corrected chi connectivity index (χ2v) is 7.14. The number of methoxy groups -OCH3 is 2. The first kappa shape index (κ1) is 20.0. The summed E-state index contributed by atoms with van der Waals surface area (Å²) in [5.41, 5.74) is 0.461. The van der Waals surface area contributed by atoms with Gasteiger partial charge in [0.25, 0.3) is 10.0 Å². The van der Waals surface area contributed by atoms with Crippen molar-refractivity contribution in [1.29, 1.82) is 0 Å². The van der Waals surface area contributed by atoms with Crippen molar-refractivity contribution in [2.45, 2.75) is 5.03 Å². The number of ether oxygens (including phenoxy) is 2. The quantitative estimate of drug-likeness (QED) is 0.529. The molecule has 0 aliphatic carbocycles. The monoisotopic (exact) mass is 423 g/mol. The van der Waals surface area contributed by atoms with E-state index >= 15 is 0 Å². The Kier molecular flexibility index (Phi) is 5.31. The highest BCUT2D eigenvalue weighted by atomic mass is 32.2. The third-order valence-corrected chi connectivity index (χ3v) is 5.01. The normalized spacial score (nSPS) is 11.2. The molecule has 3 heterocycles. The van der Waals surface area contributed by atoms with Crippen LogP contribution in [0.3, 0.4) is 0 Å². The Morgan fingerprint density at radius 2 is 1.72 bits per heavy atom. The van der Waals surface area contributed by atoms with E-state index in [2.05, 4.69) is 30.6 Å². The third-order valence-electron chi connectivity index (χ3n) is 3.56. The van der Waals surface area contributed by atoms with Crippen molar-refractivity contribution in [2.75, 3.05) is 19.5 Å². The highest BCUT2D eigenvalue weighted by Crippen LogP contribution is 2.24. The zero-order chi connectivity index (χ0) is 21.2. The van der Waals surface area contributed by atoms with Gasteiger partial charge in [-0.15, -0.1) is 0 Å². The van der Waals surface area contributed by atoms with Crippen LogP contribution in [-0.4, -0.2) is 63.4 Å². The van der Waals surface area contributed by atoms with Crippen LogP contribution in [0, 0.1) is 0 Å². The van der Waals surface area contributed by atoms with E-state index in [1.54, 1.807) is 7.05 Å². The van der Waals surface area contributed by atoms with Gasteiger partial charge >= 0.3 is 6.03 Å². The van der Waals surface area contributed by atoms with E-state index < -0.39 is 16.1 Å². The molecule has 3 aromatic heterocycles. The molecule has 0 spiro atoms.